The summed E-state index contributed by atoms with van der Waals surface area (Å²) >= 11 is 0. The molecule has 6 heteroatoms. The van der Waals surface area contributed by atoms with Gasteiger partial charge in [-0.2, -0.15) is 0 Å². The van der Waals surface area contributed by atoms with Crippen molar-refractivity contribution in [1.29, 1.82) is 0 Å². The Labute approximate surface area is 113 Å². The smallest absolute Gasteiger partial charge is 0.0937 e. The first-order valence-electron chi connectivity index (χ1n) is 7.22. The molecular weight excluding hydrogens is 248 g/mol. The van der Waals surface area contributed by atoms with Gasteiger partial charge in [0.05, 0.1) is 56.5 Å². The lowest BCUT2D eigenvalue weighted by molar-refractivity contribution is 0.0461. The second-order valence-electron chi connectivity index (χ2n) is 6.24. The SMILES string of the molecule is NC(CC1CO1)(CC1CO1)N(CC1CO1)CC1CO1. The van der Waals surface area contributed by atoms with Gasteiger partial charge in [0.1, 0.15) is 0 Å². The van der Waals surface area contributed by atoms with Crippen molar-refractivity contribution in [2.75, 3.05) is 39.5 Å². The third kappa shape index (κ3) is 3.45. The van der Waals surface area contributed by atoms with Gasteiger partial charge in [-0.05, 0) is 0 Å². The summed E-state index contributed by atoms with van der Waals surface area (Å²) in [6, 6.07) is 0. The van der Waals surface area contributed by atoms with Gasteiger partial charge in [0.25, 0.3) is 0 Å². The fourth-order valence-electron chi connectivity index (χ4n) is 2.78. The molecule has 4 saturated heterocycles. The molecule has 6 nitrogen and oxygen atoms in total. The van der Waals surface area contributed by atoms with Crippen molar-refractivity contribution in [3.63, 3.8) is 0 Å². The molecule has 4 atom stereocenters. The van der Waals surface area contributed by atoms with E-state index in [2.05, 4.69) is 4.90 Å². The van der Waals surface area contributed by atoms with Crippen molar-refractivity contribution in [2.45, 2.75) is 42.9 Å². The van der Waals surface area contributed by atoms with E-state index in [-0.39, 0.29) is 5.66 Å². The summed E-state index contributed by atoms with van der Waals surface area (Å²) in [7, 11) is 0. The maximum atomic E-state index is 6.73. The monoisotopic (exact) mass is 270 g/mol. The zero-order valence-corrected chi connectivity index (χ0v) is 11.1. The largest absolute Gasteiger partial charge is 0.373 e. The highest BCUT2D eigenvalue weighted by Crippen LogP contribution is 2.33. The molecule has 4 unspecified atom stereocenters. The van der Waals surface area contributed by atoms with Crippen LogP contribution in [0.5, 0.6) is 0 Å². The first-order chi connectivity index (χ1) is 9.21. The molecule has 0 amide bonds. The summed E-state index contributed by atoms with van der Waals surface area (Å²) in [6.07, 6.45) is 3.11. The molecule has 19 heavy (non-hydrogen) atoms. The van der Waals surface area contributed by atoms with Crippen molar-refractivity contribution >= 4 is 0 Å². The van der Waals surface area contributed by atoms with Crippen molar-refractivity contribution in [3.8, 4) is 0 Å². The summed E-state index contributed by atoms with van der Waals surface area (Å²) in [5.74, 6) is 0. The molecule has 108 valence electrons. The molecule has 4 heterocycles. The molecule has 4 fully saturated rings. The molecule has 0 bridgehead atoms. The van der Waals surface area contributed by atoms with Crippen LogP contribution in [0, 0.1) is 0 Å². The highest BCUT2D eigenvalue weighted by molar-refractivity contribution is 4.97. The van der Waals surface area contributed by atoms with Crippen LogP contribution in [0.2, 0.25) is 0 Å². The number of nitrogens with two attached hydrogens (primary N) is 1. The Balaban J connectivity index is 1.45. The van der Waals surface area contributed by atoms with E-state index in [0.717, 1.165) is 52.4 Å². The van der Waals surface area contributed by atoms with E-state index >= 15 is 0 Å². The predicted molar refractivity (Wildman–Crippen MR) is 66.7 cm³/mol. The number of hydrogen-bond donors (Lipinski definition) is 1. The Bertz CT molecular complexity index is 310. The van der Waals surface area contributed by atoms with Crippen LogP contribution < -0.4 is 5.73 Å². The maximum absolute atomic E-state index is 6.73. The fraction of sp³-hybridized carbons (Fsp3) is 1.00. The second kappa shape index (κ2) is 4.65. The lowest BCUT2D eigenvalue weighted by Crippen LogP contribution is -2.59. The number of nitrogens with zero attached hydrogens (tertiary/aromatic N) is 1. The molecule has 0 aromatic carbocycles. The van der Waals surface area contributed by atoms with Gasteiger partial charge in [-0.25, -0.2) is 0 Å². The number of ether oxygens (including phenoxy) is 4. The quantitative estimate of drug-likeness (QED) is 0.442. The Kier molecular flexibility index (Phi) is 3.06. The summed E-state index contributed by atoms with van der Waals surface area (Å²) in [5, 5.41) is 0. The van der Waals surface area contributed by atoms with E-state index in [0.29, 0.717) is 24.4 Å². The van der Waals surface area contributed by atoms with Crippen LogP contribution >= 0.6 is 0 Å². The molecule has 0 spiro atoms. The number of rotatable bonds is 9. The van der Waals surface area contributed by atoms with Gasteiger partial charge >= 0.3 is 0 Å². The second-order valence-corrected chi connectivity index (χ2v) is 6.24. The summed E-state index contributed by atoms with van der Waals surface area (Å²) in [6.45, 7) is 5.21. The lowest BCUT2D eigenvalue weighted by atomic mass is 9.96. The third-order valence-corrected chi connectivity index (χ3v) is 4.25. The zero-order valence-electron chi connectivity index (χ0n) is 11.1. The van der Waals surface area contributed by atoms with Crippen molar-refractivity contribution in [2.24, 2.45) is 5.73 Å². The van der Waals surface area contributed by atoms with E-state index in [1.807, 2.05) is 0 Å². The number of hydrogen-bond acceptors (Lipinski definition) is 6. The molecular formula is C13H22N2O4. The highest BCUT2D eigenvalue weighted by atomic mass is 16.6. The van der Waals surface area contributed by atoms with Crippen LogP contribution in [-0.2, 0) is 18.9 Å². The first-order valence-corrected chi connectivity index (χ1v) is 7.22. The molecule has 0 radical (unpaired) electrons. The Hall–Kier alpha value is -0.240. The van der Waals surface area contributed by atoms with Gasteiger partial charge in [0.15, 0.2) is 0 Å². The molecule has 0 aromatic heterocycles. The van der Waals surface area contributed by atoms with Gasteiger partial charge in [-0.15, -0.1) is 0 Å². The van der Waals surface area contributed by atoms with Crippen LogP contribution in [0.4, 0.5) is 0 Å². The summed E-state index contributed by atoms with van der Waals surface area (Å²) in [4.78, 5) is 2.35. The minimum absolute atomic E-state index is 0.325. The molecule has 4 aliphatic rings. The van der Waals surface area contributed by atoms with Crippen LogP contribution in [0.15, 0.2) is 0 Å². The average molecular weight is 270 g/mol. The molecule has 0 aliphatic carbocycles. The van der Waals surface area contributed by atoms with Crippen molar-refractivity contribution < 1.29 is 18.9 Å². The average Bonchev–Trinajstić information content (AvgIpc) is 3.19. The topological polar surface area (TPSA) is 79.4 Å². The van der Waals surface area contributed by atoms with Crippen molar-refractivity contribution in [1.82, 2.24) is 4.90 Å². The maximum Gasteiger partial charge on any atom is 0.0937 e. The van der Waals surface area contributed by atoms with Crippen LogP contribution in [0.1, 0.15) is 12.8 Å². The molecule has 4 rings (SSSR count). The van der Waals surface area contributed by atoms with Gasteiger partial charge in [0, 0.05) is 25.9 Å². The van der Waals surface area contributed by atoms with E-state index in [1.165, 1.54) is 0 Å². The zero-order chi connectivity index (χ0) is 12.9. The van der Waals surface area contributed by atoms with Crippen LogP contribution in [-0.4, -0.2) is 74.5 Å². The Morgan fingerprint density at radius 1 is 0.789 bits per heavy atom. The minimum atomic E-state index is -0.347. The van der Waals surface area contributed by atoms with E-state index < -0.39 is 0 Å². The van der Waals surface area contributed by atoms with Gasteiger partial charge in [-0.3, -0.25) is 4.90 Å². The summed E-state index contributed by atoms with van der Waals surface area (Å²) < 4.78 is 21.5. The van der Waals surface area contributed by atoms with E-state index in [9.17, 15) is 0 Å². The third-order valence-electron chi connectivity index (χ3n) is 4.25. The Morgan fingerprint density at radius 2 is 1.16 bits per heavy atom. The fourth-order valence-corrected chi connectivity index (χ4v) is 2.78. The molecule has 2 N–H and O–H groups in total. The normalized spacial score (nSPS) is 42.0. The molecule has 0 aromatic rings. The highest BCUT2D eigenvalue weighted by Gasteiger charge is 2.46. The van der Waals surface area contributed by atoms with Crippen LogP contribution in [0.25, 0.3) is 0 Å². The lowest BCUT2D eigenvalue weighted by Gasteiger charge is -2.40. The molecule has 4 aliphatic heterocycles. The van der Waals surface area contributed by atoms with E-state index in [1.54, 1.807) is 0 Å². The van der Waals surface area contributed by atoms with Gasteiger partial charge in [-0.1, -0.05) is 0 Å². The van der Waals surface area contributed by atoms with Gasteiger partial charge < -0.3 is 24.7 Å². The first kappa shape index (κ1) is 12.5. The predicted octanol–water partition coefficient (Wildman–Crippen LogP) is -0.681. The minimum Gasteiger partial charge on any atom is -0.373 e. The Morgan fingerprint density at radius 3 is 1.47 bits per heavy atom. The molecule has 0 saturated carbocycles. The van der Waals surface area contributed by atoms with E-state index in [4.69, 9.17) is 24.7 Å². The van der Waals surface area contributed by atoms with Crippen molar-refractivity contribution in [3.05, 3.63) is 0 Å². The van der Waals surface area contributed by atoms with Crippen LogP contribution in [0.3, 0.4) is 0 Å². The van der Waals surface area contributed by atoms with Gasteiger partial charge in [0.2, 0.25) is 0 Å². The standard InChI is InChI=1S/C13H22N2O4/c14-13(1-9-5-16-9,2-10-6-17-10)15(3-11-7-18-11)4-12-8-19-12/h9-12H,1-8,14H2. The summed E-state index contributed by atoms with van der Waals surface area (Å²) in [5.41, 5.74) is 6.38. The number of epoxide rings is 4.